The van der Waals surface area contributed by atoms with Gasteiger partial charge in [-0.1, -0.05) is 19.1 Å². The number of nitrogens with zero attached hydrogens (tertiary/aromatic N) is 1. The van der Waals surface area contributed by atoms with Crippen molar-refractivity contribution in [2.45, 2.75) is 13.8 Å². The number of carbonyl (C=O) groups excluding carboxylic acids is 1. The molecule has 0 radical (unpaired) electrons. The standard InChI is InChI=1S/C16H22N2O3/c1-4-18(3)11-10-17-16(21)14-7-5-6-13(12(14)2)8-9-15(19)20/h5-9H,4,10-11H2,1-3H3,(H,17,21)(H,19,20). The number of amides is 1. The summed E-state index contributed by atoms with van der Waals surface area (Å²) >= 11 is 0. The molecule has 5 nitrogen and oxygen atoms in total. The summed E-state index contributed by atoms with van der Waals surface area (Å²) in [4.78, 5) is 24.8. The normalized spacial score (nSPS) is 11.0. The fraction of sp³-hybridized carbons (Fsp3) is 0.375. The molecule has 5 heteroatoms. The Morgan fingerprint density at radius 3 is 2.71 bits per heavy atom. The molecule has 0 aliphatic carbocycles. The lowest BCUT2D eigenvalue weighted by atomic mass is 10.0. The molecule has 1 aromatic carbocycles. The van der Waals surface area contributed by atoms with Gasteiger partial charge in [0.1, 0.15) is 0 Å². The van der Waals surface area contributed by atoms with Crippen LogP contribution in [0.3, 0.4) is 0 Å². The van der Waals surface area contributed by atoms with E-state index in [2.05, 4.69) is 17.1 Å². The van der Waals surface area contributed by atoms with Crippen LogP contribution >= 0.6 is 0 Å². The van der Waals surface area contributed by atoms with Crippen molar-refractivity contribution in [1.29, 1.82) is 0 Å². The number of hydrogen-bond donors (Lipinski definition) is 2. The Bertz CT molecular complexity index is 538. The molecular weight excluding hydrogens is 268 g/mol. The van der Waals surface area contributed by atoms with Gasteiger partial charge < -0.3 is 15.3 Å². The van der Waals surface area contributed by atoms with Gasteiger partial charge >= 0.3 is 5.97 Å². The highest BCUT2D eigenvalue weighted by atomic mass is 16.4. The minimum Gasteiger partial charge on any atom is -0.478 e. The van der Waals surface area contributed by atoms with E-state index in [4.69, 9.17) is 5.11 Å². The summed E-state index contributed by atoms with van der Waals surface area (Å²) in [7, 11) is 1.99. The first-order valence-corrected chi connectivity index (χ1v) is 6.93. The fourth-order valence-corrected chi connectivity index (χ4v) is 1.85. The summed E-state index contributed by atoms with van der Waals surface area (Å²) in [5.74, 6) is -1.14. The first-order chi connectivity index (χ1) is 9.95. The van der Waals surface area contributed by atoms with Gasteiger partial charge in [0, 0.05) is 24.7 Å². The molecule has 114 valence electrons. The van der Waals surface area contributed by atoms with Crippen LogP contribution in [0.5, 0.6) is 0 Å². The molecule has 0 saturated heterocycles. The Hall–Kier alpha value is -2.14. The van der Waals surface area contributed by atoms with Crippen molar-refractivity contribution >= 4 is 18.0 Å². The zero-order valence-electron chi connectivity index (χ0n) is 12.7. The van der Waals surface area contributed by atoms with Crippen LogP contribution in [0.2, 0.25) is 0 Å². The van der Waals surface area contributed by atoms with Crippen LogP contribution in [-0.4, -0.2) is 48.6 Å². The van der Waals surface area contributed by atoms with Gasteiger partial charge in [0.2, 0.25) is 0 Å². The number of likely N-dealkylation sites (N-methyl/N-ethyl adjacent to an activating group) is 1. The topological polar surface area (TPSA) is 69.6 Å². The minimum absolute atomic E-state index is 0.137. The molecule has 2 N–H and O–H groups in total. The van der Waals surface area contributed by atoms with E-state index in [1.54, 1.807) is 18.2 Å². The van der Waals surface area contributed by atoms with Gasteiger partial charge in [0.15, 0.2) is 0 Å². The van der Waals surface area contributed by atoms with Crippen molar-refractivity contribution in [3.8, 4) is 0 Å². The van der Waals surface area contributed by atoms with E-state index in [1.165, 1.54) is 6.08 Å². The van der Waals surface area contributed by atoms with E-state index in [0.29, 0.717) is 12.1 Å². The van der Waals surface area contributed by atoms with Crippen molar-refractivity contribution in [2.24, 2.45) is 0 Å². The number of benzene rings is 1. The lowest BCUT2D eigenvalue weighted by molar-refractivity contribution is -0.131. The molecule has 0 aliphatic heterocycles. The molecule has 0 aromatic heterocycles. The monoisotopic (exact) mass is 290 g/mol. The Morgan fingerprint density at radius 2 is 2.10 bits per heavy atom. The first-order valence-electron chi connectivity index (χ1n) is 6.93. The van der Waals surface area contributed by atoms with Crippen LogP contribution in [0, 0.1) is 6.92 Å². The number of nitrogens with one attached hydrogen (secondary N) is 1. The van der Waals surface area contributed by atoms with Gasteiger partial charge in [0.25, 0.3) is 5.91 Å². The first kappa shape index (κ1) is 16.9. The van der Waals surface area contributed by atoms with Crippen molar-refractivity contribution in [3.63, 3.8) is 0 Å². The molecule has 0 spiro atoms. The van der Waals surface area contributed by atoms with Gasteiger partial charge in [-0.3, -0.25) is 4.79 Å². The Labute approximate surface area is 125 Å². The second-order valence-corrected chi connectivity index (χ2v) is 4.84. The zero-order chi connectivity index (χ0) is 15.8. The number of aliphatic carboxylic acids is 1. The molecule has 0 fully saturated rings. The highest BCUT2D eigenvalue weighted by Crippen LogP contribution is 2.15. The van der Waals surface area contributed by atoms with E-state index >= 15 is 0 Å². The van der Waals surface area contributed by atoms with Crippen LogP contribution in [-0.2, 0) is 4.79 Å². The Kier molecular flexibility index (Phi) is 6.62. The molecule has 1 aromatic rings. The van der Waals surface area contributed by atoms with Crippen molar-refractivity contribution in [1.82, 2.24) is 10.2 Å². The lowest BCUT2D eigenvalue weighted by Gasteiger charge is -2.15. The summed E-state index contributed by atoms with van der Waals surface area (Å²) < 4.78 is 0. The number of carboxylic acid groups (broad SMARTS) is 1. The molecule has 0 bridgehead atoms. The summed E-state index contributed by atoms with van der Waals surface area (Å²) in [6, 6.07) is 5.28. The predicted octanol–water partition coefficient (Wildman–Crippen LogP) is 1.77. The Morgan fingerprint density at radius 1 is 1.38 bits per heavy atom. The molecule has 0 heterocycles. The molecule has 0 atom stereocenters. The van der Waals surface area contributed by atoms with Gasteiger partial charge in [-0.15, -0.1) is 0 Å². The highest BCUT2D eigenvalue weighted by Gasteiger charge is 2.10. The van der Waals surface area contributed by atoms with E-state index < -0.39 is 5.97 Å². The average Bonchev–Trinajstić information content (AvgIpc) is 2.45. The maximum Gasteiger partial charge on any atom is 0.328 e. The summed E-state index contributed by atoms with van der Waals surface area (Å²) in [6.07, 6.45) is 2.57. The smallest absolute Gasteiger partial charge is 0.328 e. The molecule has 0 unspecified atom stereocenters. The van der Waals surface area contributed by atoms with E-state index in [0.717, 1.165) is 30.3 Å². The molecular formula is C16H22N2O3. The molecule has 1 amide bonds. The van der Waals surface area contributed by atoms with Crippen LogP contribution in [0.25, 0.3) is 6.08 Å². The van der Waals surface area contributed by atoms with Crippen molar-refractivity contribution in [3.05, 3.63) is 41.0 Å². The molecule has 1 rings (SSSR count). The van der Waals surface area contributed by atoms with Gasteiger partial charge in [0.05, 0.1) is 0 Å². The average molecular weight is 290 g/mol. The van der Waals surface area contributed by atoms with E-state index in [1.807, 2.05) is 14.0 Å². The summed E-state index contributed by atoms with van der Waals surface area (Å²) in [5.41, 5.74) is 2.08. The van der Waals surface area contributed by atoms with E-state index in [-0.39, 0.29) is 5.91 Å². The zero-order valence-corrected chi connectivity index (χ0v) is 12.7. The van der Waals surface area contributed by atoms with Crippen LogP contribution in [0.4, 0.5) is 0 Å². The van der Waals surface area contributed by atoms with E-state index in [9.17, 15) is 9.59 Å². The molecule has 0 aliphatic rings. The third-order valence-electron chi connectivity index (χ3n) is 3.34. The number of carbonyl (C=O) groups is 2. The number of rotatable bonds is 7. The van der Waals surface area contributed by atoms with Crippen molar-refractivity contribution < 1.29 is 14.7 Å². The summed E-state index contributed by atoms with van der Waals surface area (Å²) in [5, 5.41) is 11.5. The van der Waals surface area contributed by atoms with Crippen molar-refractivity contribution in [2.75, 3.05) is 26.7 Å². The fourth-order valence-electron chi connectivity index (χ4n) is 1.85. The lowest BCUT2D eigenvalue weighted by Crippen LogP contribution is -2.33. The maximum atomic E-state index is 12.2. The van der Waals surface area contributed by atoms with Crippen LogP contribution in [0.15, 0.2) is 24.3 Å². The Balaban J connectivity index is 2.76. The minimum atomic E-state index is -1.01. The largest absolute Gasteiger partial charge is 0.478 e. The third kappa shape index (κ3) is 5.39. The van der Waals surface area contributed by atoms with Gasteiger partial charge in [-0.05, 0) is 43.8 Å². The quantitative estimate of drug-likeness (QED) is 0.751. The predicted molar refractivity (Wildman–Crippen MR) is 83.4 cm³/mol. The second kappa shape index (κ2) is 8.21. The molecule has 0 saturated carbocycles. The number of carboxylic acids is 1. The van der Waals surface area contributed by atoms with Crippen LogP contribution < -0.4 is 5.32 Å². The molecule has 21 heavy (non-hydrogen) atoms. The highest BCUT2D eigenvalue weighted by molar-refractivity contribution is 5.97. The number of hydrogen-bond acceptors (Lipinski definition) is 3. The summed E-state index contributed by atoms with van der Waals surface area (Å²) in [6.45, 7) is 6.18. The SMILES string of the molecule is CCN(C)CCNC(=O)c1cccc(C=CC(=O)O)c1C. The van der Waals surface area contributed by atoms with Gasteiger partial charge in [-0.25, -0.2) is 4.79 Å². The maximum absolute atomic E-state index is 12.2. The van der Waals surface area contributed by atoms with Crippen LogP contribution in [0.1, 0.15) is 28.4 Å². The second-order valence-electron chi connectivity index (χ2n) is 4.84. The third-order valence-corrected chi connectivity index (χ3v) is 3.34. The van der Waals surface area contributed by atoms with Gasteiger partial charge in [-0.2, -0.15) is 0 Å².